The molecule has 1 atom stereocenters. The molecule has 0 radical (unpaired) electrons. The Morgan fingerprint density at radius 1 is 1.14 bits per heavy atom. The molecular formula is C23H26N4O2. The Hall–Kier alpha value is -3.15. The van der Waals surface area contributed by atoms with E-state index in [0.717, 1.165) is 24.1 Å². The van der Waals surface area contributed by atoms with Crippen molar-refractivity contribution in [3.05, 3.63) is 66.1 Å². The van der Waals surface area contributed by atoms with Crippen molar-refractivity contribution in [2.45, 2.75) is 45.3 Å². The Morgan fingerprint density at radius 2 is 1.90 bits per heavy atom. The van der Waals surface area contributed by atoms with Gasteiger partial charge in [-0.15, -0.1) is 0 Å². The Kier molecular flexibility index (Phi) is 5.89. The predicted molar refractivity (Wildman–Crippen MR) is 112 cm³/mol. The number of hydrogen-bond acceptors (Lipinski definition) is 4. The van der Waals surface area contributed by atoms with E-state index in [4.69, 9.17) is 9.84 Å². The van der Waals surface area contributed by atoms with Crippen LogP contribution >= 0.6 is 0 Å². The number of carbonyl (C=O) groups excluding carboxylic acids is 1. The second-order valence-corrected chi connectivity index (χ2v) is 7.30. The van der Waals surface area contributed by atoms with Crippen LogP contribution < -0.4 is 10.1 Å². The molecule has 4 rings (SSSR count). The maximum Gasteiger partial charge on any atom is 0.260 e. The zero-order chi connectivity index (χ0) is 20.1. The summed E-state index contributed by atoms with van der Waals surface area (Å²) in [5.41, 5.74) is 4.79. The van der Waals surface area contributed by atoms with Crippen molar-refractivity contribution in [2.75, 3.05) is 6.54 Å². The molecule has 150 valence electrons. The van der Waals surface area contributed by atoms with Gasteiger partial charge in [0.25, 0.3) is 5.91 Å². The minimum atomic E-state index is -0.545. The van der Waals surface area contributed by atoms with Crippen LogP contribution in [0.3, 0.4) is 0 Å². The van der Waals surface area contributed by atoms with Gasteiger partial charge in [-0.2, -0.15) is 5.10 Å². The summed E-state index contributed by atoms with van der Waals surface area (Å²) in [6, 6.07) is 13.4. The number of rotatable bonds is 7. The molecule has 0 bridgehead atoms. The fourth-order valence-corrected chi connectivity index (χ4v) is 3.78. The Morgan fingerprint density at radius 3 is 2.69 bits per heavy atom. The predicted octanol–water partition coefficient (Wildman–Crippen LogP) is 3.41. The summed E-state index contributed by atoms with van der Waals surface area (Å²) in [6.07, 6.45) is 7.53. The molecular weight excluding hydrogens is 364 g/mol. The Bertz CT molecular complexity index is 954. The topological polar surface area (TPSA) is 69.0 Å². The van der Waals surface area contributed by atoms with Crippen LogP contribution in [0.2, 0.25) is 0 Å². The first-order valence-electron chi connectivity index (χ1n) is 10.2. The van der Waals surface area contributed by atoms with Crippen molar-refractivity contribution in [2.24, 2.45) is 0 Å². The van der Waals surface area contributed by atoms with E-state index in [1.54, 1.807) is 19.3 Å². The average Bonchev–Trinajstić information content (AvgIpc) is 3.14. The molecule has 0 unspecified atom stereocenters. The van der Waals surface area contributed by atoms with Crippen molar-refractivity contribution < 1.29 is 9.53 Å². The fraction of sp³-hybridized carbons (Fsp3) is 0.348. The van der Waals surface area contributed by atoms with Crippen LogP contribution in [-0.4, -0.2) is 33.3 Å². The number of ether oxygens (including phenoxy) is 1. The van der Waals surface area contributed by atoms with Crippen molar-refractivity contribution >= 4 is 5.91 Å². The van der Waals surface area contributed by atoms with E-state index in [1.165, 1.54) is 24.1 Å². The van der Waals surface area contributed by atoms with Gasteiger partial charge in [-0.1, -0.05) is 18.2 Å². The van der Waals surface area contributed by atoms with Gasteiger partial charge >= 0.3 is 0 Å². The molecule has 0 fully saturated rings. The Balaban J connectivity index is 1.40. The maximum atomic E-state index is 12.4. The van der Waals surface area contributed by atoms with Gasteiger partial charge in [-0.3, -0.25) is 14.5 Å². The third-order valence-corrected chi connectivity index (χ3v) is 5.26. The van der Waals surface area contributed by atoms with Crippen LogP contribution in [0.15, 0.2) is 54.9 Å². The molecule has 1 aliphatic carbocycles. The van der Waals surface area contributed by atoms with Gasteiger partial charge in [0.1, 0.15) is 5.75 Å². The van der Waals surface area contributed by atoms with Gasteiger partial charge in [-0.25, -0.2) is 0 Å². The van der Waals surface area contributed by atoms with Crippen LogP contribution in [0.4, 0.5) is 0 Å². The molecule has 1 aliphatic rings. The number of fused-ring (bicyclic) bond motifs is 1. The molecule has 2 heterocycles. The lowest BCUT2D eigenvalue weighted by Gasteiger charge is -2.16. The Labute approximate surface area is 170 Å². The second-order valence-electron chi connectivity index (χ2n) is 7.30. The second kappa shape index (κ2) is 8.90. The lowest BCUT2D eigenvalue weighted by molar-refractivity contribution is -0.127. The number of pyridine rings is 1. The third kappa shape index (κ3) is 4.47. The molecule has 29 heavy (non-hydrogen) atoms. The highest BCUT2D eigenvalue weighted by Gasteiger charge is 2.22. The highest BCUT2D eigenvalue weighted by atomic mass is 16.5. The van der Waals surface area contributed by atoms with E-state index < -0.39 is 6.10 Å². The minimum Gasteiger partial charge on any atom is -0.481 e. The van der Waals surface area contributed by atoms with Gasteiger partial charge < -0.3 is 10.1 Å². The van der Waals surface area contributed by atoms with Crippen LogP contribution in [0.25, 0.3) is 11.3 Å². The first-order valence-corrected chi connectivity index (χ1v) is 10.2. The monoisotopic (exact) mass is 390 g/mol. The highest BCUT2D eigenvalue weighted by molar-refractivity contribution is 5.80. The molecule has 1 aromatic carbocycles. The molecule has 6 nitrogen and oxygen atoms in total. The largest absolute Gasteiger partial charge is 0.481 e. The normalized spacial score (nSPS) is 14.1. The third-order valence-electron chi connectivity index (χ3n) is 5.26. The number of para-hydroxylation sites is 1. The van der Waals surface area contributed by atoms with Crippen molar-refractivity contribution in [1.82, 2.24) is 20.1 Å². The first kappa shape index (κ1) is 19.2. The number of nitrogens with one attached hydrogen (secondary N) is 1. The van der Waals surface area contributed by atoms with Crippen molar-refractivity contribution in [3.63, 3.8) is 0 Å². The lowest BCUT2D eigenvalue weighted by atomic mass is 9.94. The minimum absolute atomic E-state index is 0.121. The van der Waals surface area contributed by atoms with Gasteiger partial charge in [0, 0.05) is 35.8 Å². The molecule has 0 aliphatic heterocycles. The van der Waals surface area contributed by atoms with Crippen molar-refractivity contribution in [3.8, 4) is 17.0 Å². The van der Waals surface area contributed by atoms with Crippen LogP contribution in [0.5, 0.6) is 5.75 Å². The summed E-state index contributed by atoms with van der Waals surface area (Å²) in [5.74, 6) is 0.572. The number of benzene rings is 1. The van der Waals surface area contributed by atoms with Gasteiger partial charge in [0.2, 0.25) is 0 Å². The first-order chi connectivity index (χ1) is 14.2. The number of amides is 1. The molecule has 0 saturated heterocycles. The van der Waals surface area contributed by atoms with E-state index in [2.05, 4.69) is 15.0 Å². The fourth-order valence-electron chi connectivity index (χ4n) is 3.78. The average molecular weight is 390 g/mol. The number of nitrogens with zero attached hydrogens (tertiary/aromatic N) is 3. The van der Waals surface area contributed by atoms with E-state index in [1.807, 2.05) is 42.5 Å². The summed E-state index contributed by atoms with van der Waals surface area (Å²) in [4.78, 5) is 16.5. The van der Waals surface area contributed by atoms with E-state index in [0.29, 0.717) is 18.8 Å². The van der Waals surface area contributed by atoms with E-state index in [-0.39, 0.29) is 5.91 Å². The zero-order valence-electron chi connectivity index (χ0n) is 16.7. The molecule has 6 heteroatoms. The lowest BCUT2D eigenvalue weighted by Crippen LogP contribution is -2.38. The van der Waals surface area contributed by atoms with E-state index >= 15 is 0 Å². The number of aromatic nitrogens is 3. The van der Waals surface area contributed by atoms with Crippen LogP contribution in [0, 0.1) is 0 Å². The van der Waals surface area contributed by atoms with Gasteiger partial charge in [-0.05, 0) is 56.9 Å². The van der Waals surface area contributed by atoms with Crippen LogP contribution in [0.1, 0.15) is 31.0 Å². The van der Waals surface area contributed by atoms with Gasteiger partial charge in [0.05, 0.1) is 12.2 Å². The smallest absolute Gasteiger partial charge is 0.260 e. The highest BCUT2D eigenvalue weighted by Crippen LogP contribution is 2.30. The molecule has 0 spiro atoms. The van der Waals surface area contributed by atoms with Crippen LogP contribution in [-0.2, 0) is 24.2 Å². The molecule has 2 aromatic heterocycles. The SMILES string of the molecule is C[C@@H](Oc1ccccc1)C(=O)NCCn1nc(-c2ccncc2)c2c1CCCC2. The quantitative estimate of drug-likeness (QED) is 0.671. The summed E-state index contributed by atoms with van der Waals surface area (Å²) < 4.78 is 7.75. The summed E-state index contributed by atoms with van der Waals surface area (Å²) >= 11 is 0. The molecule has 0 saturated carbocycles. The number of carbonyl (C=O) groups is 1. The van der Waals surface area contributed by atoms with Gasteiger partial charge in [0.15, 0.2) is 6.10 Å². The molecule has 3 aromatic rings. The maximum absolute atomic E-state index is 12.4. The summed E-state index contributed by atoms with van der Waals surface area (Å²) in [6.45, 7) is 2.93. The van der Waals surface area contributed by atoms with E-state index in [9.17, 15) is 4.79 Å². The standard InChI is InChI=1S/C23H26N4O2/c1-17(29-19-7-3-2-4-8-19)23(28)25-15-16-27-21-10-6-5-9-20(21)22(26-27)18-11-13-24-14-12-18/h2-4,7-8,11-14,17H,5-6,9-10,15-16H2,1H3,(H,25,28)/t17-/m1/s1. The summed E-state index contributed by atoms with van der Waals surface area (Å²) in [7, 11) is 0. The summed E-state index contributed by atoms with van der Waals surface area (Å²) in [5, 5.41) is 7.85. The molecule has 1 N–H and O–H groups in total. The number of hydrogen-bond donors (Lipinski definition) is 1. The zero-order valence-corrected chi connectivity index (χ0v) is 16.7. The van der Waals surface area contributed by atoms with Crippen molar-refractivity contribution in [1.29, 1.82) is 0 Å². The molecule has 1 amide bonds.